The first-order valence-corrected chi connectivity index (χ1v) is 7.92. The summed E-state index contributed by atoms with van der Waals surface area (Å²) in [5, 5.41) is 11.6. The van der Waals surface area contributed by atoms with Gasteiger partial charge >= 0.3 is 5.97 Å². The Labute approximate surface area is 138 Å². The second-order valence-corrected chi connectivity index (χ2v) is 6.63. The van der Waals surface area contributed by atoms with Crippen molar-refractivity contribution in [3.63, 3.8) is 0 Å². The van der Waals surface area contributed by atoms with Crippen molar-refractivity contribution in [3.8, 4) is 0 Å². The molecule has 1 unspecified atom stereocenters. The molecule has 1 heterocycles. The van der Waals surface area contributed by atoms with Crippen molar-refractivity contribution >= 4 is 23.5 Å². The second kappa shape index (κ2) is 5.89. The van der Waals surface area contributed by atoms with E-state index in [0.29, 0.717) is 38.0 Å². The fourth-order valence-electron chi connectivity index (χ4n) is 3.55. The van der Waals surface area contributed by atoms with Crippen molar-refractivity contribution < 1.29 is 23.9 Å². The van der Waals surface area contributed by atoms with Gasteiger partial charge in [-0.1, -0.05) is 0 Å². The van der Waals surface area contributed by atoms with Crippen molar-refractivity contribution in [2.45, 2.75) is 26.2 Å². The molecule has 1 aliphatic heterocycles. The Kier molecular flexibility index (Phi) is 4.03. The molecule has 1 saturated heterocycles. The minimum absolute atomic E-state index is 0.0808. The maximum Gasteiger partial charge on any atom is 0.307 e. The molecule has 2 aliphatic rings. The summed E-state index contributed by atoms with van der Waals surface area (Å²) in [7, 11) is 0. The topological polar surface area (TPSA) is 86.7 Å². The van der Waals surface area contributed by atoms with Gasteiger partial charge in [-0.3, -0.25) is 14.4 Å². The van der Waals surface area contributed by atoms with Crippen molar-refractivity contribution in [2.24, 2.45) is 11.3 Å². The summed E-state index contributed by atoms with van der Waals surface area (Å²) in [5.74, 6) is -2.45. The molecule has 1 aromatic carbocycles. The predicted octanol–water partition coefficient (Wildman–Crippen LogP) is 2.11. The fraction of sp³-hybridized carbons (Fsp3) is 0.471. The number of carboxylic acid groups (broad SMARTS) is 1. The number of carbonyl (C=O) groups excluding carboxylic acids is 2. The van der Waals surface area contributed by atoms with Crippen LogP contribution in [-0.4, -0.2) is 40.9 Å². The highest BCUT2D eigenvalue weighted by Gasteiger charge is 2.59. The van der Waals surface area contributed by atoms with Crippen molar-refractivity contribution in [1.29, 1.82) is 0 Å². The summed E-state index contributed by atoms with van der Waals surface area (Å²) in [6, 6.07) is 3.90. The van der Waals surface area contributed by atoms with E-state index < -0.39 is 17.7 Å². The lowest BCUT2D eigenvalue weighted by Gasteiger charge is -2.32. The summed E-state index contributed by atoms with van der Waals surface area (Å²) in [5.41, 5.74) is 0.107. The van der Waals surface area contributed by atoms with E-state index in [1.165, 1.54) is 19.1 Å². The van der Waals surface area contributed by atoms with Gasteiger partial charge in [0, 0.05) is 25.7 Å². The van der Waals surface area contributed by atoms with E-state index in [1.54, 1.807) is 4.90 Å². The maximum atomic E-state index is 14.0. The maximum absolute atomic E-state index is 14.0. The van der Waals surface area contributed by atoms with Gasteiger partial charge in [-0.25, -0.2) is 4.39 Å². The van der Waals surface area contributed by atoms with Crippen LogP contribution in [0.1, 0.15) is 36.5 Å². The number of amides is 2. The first kappa shape index (κ1) is 16.4. The quantitative estimate of drug-likeness (QED) is 0.886. The molecule has 1 aliphatic carbocycles. The third-order valence-corrected chi connectivity index (χ3v) is 5.05. The van der Waals surface area contributed by atoms with Crippen LogP contribution in [0.5, 0.6) is 0 Å². The number of piperidine rings is 1. The average Bonchev–Trinajstić information content (AvgIpc) is 3.23. The Bertz CT molecular complexity index is 711. The molecule has 3 rings (SSSR count). The second-order valence-electron chi connectivity index (χ2n) is 6.63. The summed E-state index contributed by atoms with van der Waals surface area (Å²) >= 11 is 0. The Morgan fingerprint density at radius 2 is 1.96 bits per heavy atom. The van der Waals surface area contributed by atoms with Crippen LogP contribution in [0.2, 0.25) is 0 Å². The molecule has 128 valence electrons. The van der Waals surface area contributed by atoms with E-state index in [-0.39, 0.29) is 22.8 Å². The Hall–Kier alpha value is -2.44. The van der Waals surface area contributed by atoms with Crippen LogP contribution in [0.15, 0.2) is 18.2 Å². The monoisotopic (exact) mass is 334 g/mol. The van der Waals surface area contributed by atoms with E-state index in [2.05, 4.69) is 5.32 Å². The smallest absolute Gasteiger partial charge is 0.307 e. The molecule has 2 N–H and O–H groups in total. The van der Waals surface area contributed by atoms with Crippen molar-refractivity contribution in [1.82, 2.24) is 4.90 Å². The van der Waals surface area contributed by atoms with Gasteiger partial charge in [-0.05, 0) is 42.9 Å². The molecule has 6 nitrogen and oxygen atoms in total. The summed E-state index contributed by atoms with van der Waals surface area (Å²) in [4.78, 5) is 36.3. The Balaban J connectivity index is 1.69. The predicted molar refractivity (Wildman–Crippen MR) is 84.0 cm³/mol. The first-order valence-electron chi connectivity index (χ1n) is 7.92. The van der Waals surface area contributed by atoms with Crippen LogP contribution in [0.25, 0.3) is 0 Å². The standard InChI is InChI=1S/C17H19FN2O4/c1-10(21)19-11-2-3-14(18)12(8-11)15(22)20-6-4-17(5-7-20)9-13(17)16(23)24/h2-3,8,13H,4-7,9H2,1H3,(H,19,21)(H,23,24). The molecule has 2 amide bonds. The number of anilines is 1. The lowest BCUT2D eigenvalue weighted by atomic mass is 9.90. The number of hydrogen-bond donors (Lipinski definition) is 2. The van der Waals surface area contributed by atoms with Gasteiger partial charge in [-0.2, -0.15) is 0 Å². The largest absolute Gasteiger partial charge is 0.481 e. The molecule has 0 bridgehead atoms. The normalized spacial score (nSPS) is 21.4. The summed E-state index contributed by atoms with van der Waals surface area (Å²) in [6.07, 6.45) is 1.92. The zero-order valence-corrected chi connectivity index (χ0v) is 13.3. The number of nitrogens with one attached hydrogen (secondary N) is 1. The van der Waals surface area contributed by atoms with Crippen LogP contribution in [0.4, 0.5) is 10.1 Å². The molecule has 1 atom stereocenters. The highest BCUT2D eigenvalue weighted by atomic mass is 19.1. The van der Waals surface area contributed by atoms with Crippen LogP contribution in [0.3, 0.4) is 0 Å². The lowest BCUT2D eigenvalue weighted by molar-refractivity contribution is -0.139. The number of nitrogens with zero attached hydrogens (tertiary/aromatic N) is 1. The number of carboxylic acids is 1. The van der Waals surface area contributed by atoms with Gasteiger partial charge in [0.1, 0.15) is 5.82 Å². The van der Waals surface area contributed by atoms with E-state index in [0.717, 1.165) is 6.07 Å². The van der Waals surface area contributed by atoms with E-state index in [1.807, 2.05) is 0 Å². The first-order chi connectivity index (χ1) is 11.3. The van der Waals surface area contributed by atoms with Crippen molar-refractivity contribution in [2.75, 3.05) is 18.4 Å². The summed E-state index contributed by atoms with van der Waals surface area (Å²) < 4.78 is 14.0. The minimum atomic E-state index is -0.774. The minimum Gasteiger partial charge on any atom is -0.481 e. The number of likely N-dealkylation sites (tertiary alicyclic amines) is 1. The fourth-order valence-corrected chi connectivity index (χ4v) is 3.55. The molecule has 0 aromatic heterocycles. The van der Waals surface area contributed by atoms with Crippen LogP contribution in [-0.2, 0) is 9.59 Å². The van der Waals surface area contributed by atoms with Crippen LogP contribution < -0.4 is 5.32 Å². The molecule has 1 spiro atoms. The number of benzene rings is 1. The van der Waals surface area contributed by atoms with Gasteiger partial charge in [0.15, 0.2) is 0 Å². The van der Waals surface area contributed by atoms with E-state index >= 15 is 0 Å². The Morgan fingerprint density at radius 3 is 2.50 bits per heavy atom. The molecular weight excluding hydrogens is 315 g/mol. The zero-order chi connectivity index (χ0) is 17.5. The molecule has 7 heteroatoms. The Morgan fingerprint density at radius 1 is 1.29 bits per heavy atom. The van der Waals surface area contributed by atoms with Gasteiger partial charge in [0.25, 0.3) is 5.91 Å². The molecule has 24 heavy (non-hydrogen) atoms. The number of carbonyl (C=O) groups is 3. The molecule has 0 radical (unpaired) electrons. The van der Waals surface area contributed by atoms with Gasteiger partial charge < -0.3 is 15.3 Å². The van der Waals surface area contributed by atoms with Gasteiger partial charge in [0.05, 0.1) is 11.5 Å². The lowest BCUT2D eigenvalue weighted by Crippen LogP contribution is -2.40. The van der Waals surface area contributed by atoms with Crippen LogP contribution in [0, 0.1) is 17.2 Å². The zero-order valence-electron chi connectivity index (χ0n) is 13.3. The number of halogens is 1. The van der Waals surface area contributed by atoms with E-state index in [4.69, 9.17) is 5.11 Å². The highest BCUT2D eigenvalue weighted by Crippen LogP contribution is 2.59. The third kappa shape index (κ3) is 2.98. The highest BCUT2D eigenvalue weighted by molar-refractivity contribution is 5.97. The molecule has 1 aromatic rings. The molecule has 2 fully saturated rings. The number of aliphatic carboxylic acids is 1. The number of hydrogen-bond acceptors (Lipinski definition) is 3. The molecular formula is C17H19FN2O4. The van der Waals surface area contributed by atoms with Crippen LogP contribution >= 0.6 is 0 Å². The summed E-state index contributed by atoms with van der Waals surface area (Å²) in [6.45, 7) is 2.18. The average molecular weight is 334 g/mol. The SMILES string of the molecule is CC(=O)Nc1ccc(F)c(C(=O)N2CCC3(CC2)CC3C(=O)O)c1. The van der Waals surface area contributed by atoms with Gasteiger partial charge in [0.2, 0.25) is 5.91 Å². The number of rotatable bonds is 3. The van der Waals surface area contributed by atoms with Crippen molar-refractivity contribution in [3.05, 3.63) is 29.6 Å². The van der Waals surface area contributed by atoms with E-state index in [9.17, 15) is 18.8 Å². The molecule has 1 saturated carbocycles. The third-order valence-electron chi connectivity index (χ3n) is 5.05. The van der Waals surface area contributed by atoms with Gasteiger partial charge in [-0.15, -0.1) is 0 Å².